The number of aryl methyl sites for hydroxylation is 1. The lowest BCUT2D eigenvalue weighted by molar-refractivity contribution is 0.0951. The van der Waals surface area contributed by atoms with Crippen LogP contribution in [0.3, 0.4) is 0 Å². The Morgan fingerprint density at radius 2 is 1.86 bits per heavy atom. The molecule has 5 N–H and O–H groups in total. The molecule has 0 radical (unpaired) electrons. The summed E-state index contributed by atoms with van der Waals surface area (Å²) in [5, 5.41) is 12.6. The van der Waals surface area contributed by atoms with E-state index in [1.807, 2.05) is 38.1 Å². The fourth-order valence-corrected chi connectivity index (χ4v) is 3.60. The van der Waals surface area contributed by atoms with Crippen molar-refractivity contribution >= 4 is 34.8 Å². The zero-order valence-electron chi connectivity index (χ0n) is 19.7. The molecule has 0 bridgehead atoms. The number of aromatic nitrogens is 4. The van der Waals surface area contributed by atoms with E-state index < -0.39 is 6.03 Å². The lowest BCUT2D eigenvalue weighted by atomic mass is 10.0. The molecular weight excluding hydrogens is 446 g/mol. The third-order valence-electron chi connectivity index (χ3n) is 5.25. The van der Waals surface area contributed by atoms with Gasteiger partial charge in [-0.25, -0.2) is 19.3 Å². The largest absolute Gasteiger partial charge is 0.382 e. The molecule has 11 nitrogen and oxygen atoms in total. The number of rotatable bonds is 7. The van der Waals surface area contributed by atoms with Crippen LogP contribution in [-0.2, 0) is 0 Å². The number of nitrogens with zero attached hydrogens (tertiary/aromatic N) is 5. The predicted octanol–water partition coefficient (Wildman–Crippen LogP) is 2.62. The number of pyridine rings is 1. The first-order valence-electron chi connectivity index (χ1n) is 11.0. The quantitative estimate of drug-likeness (QED) is 0.323. The molecule has 0 fully saturated rings. The third kappa shape index (κ3) is 5.53. The zero-order valence-corrected chi connectivity index (χ0v) is 19.7. The Morgan fingerprint density at radius 1 is 1.09 bits per heavy atom. The van der Waals surface area contributed by atoms with Gasteiger partial charge in [-0.3, -0.25) is 10.1 Å². The van der Waals surface area contributed by atoms with E-state index in [2.05, 4.69) is 31.0 Å². The van der Waals surface area contributed by atoms with Crippen molar-refractivity contribution in [3.05, 3.63) is 66.2 Å². The van der Waals surface area contributed by atoms with Gasteiger partial charge in [0.15, 0.2) is 5.82 Å². The van der Waals surface area contributed by atoms with Crippen molar-refractivity contribution in [3.63, 3.8) is 0 Å². The maximum atomic E-state index is 13.0. The van der Waals surface area contributed by atoms with Crippen molar-refractivity contribution in [1.29, 1.82) is 0 Å². The molecule has 0 aliphatic rings. The van der Waals surface area contributed by atoms with Crippen molar-refractivity contribution in [1.82, 2.24) is 29.8 Å². The van der Waals surface area contributed by atoms with Crippen molar-refractivity contribution in [2.75, 3.05) is 43.6 Å². The van der Waals surface area contributed by atoms with Gasteiger partial charge in [0.1, 0.15) is 17.7 Å². The van der Waals surface area contributed by atoms with Gasteiger partial charge in [-0.15, -0.1) is 0 Å². The Kier molecular flexibility index (Phi) is 6.88. The number of urea groups is 1. The molecule has 4 aromatic rings. The fraction of sp³-hybridized carbons (Fsp3) is 0.208. The van der Waals surface area contributed by atoms with Crippen LogP contribution in [0.15, 0.2) is 55.0 Å². The Balaban J connectivity index is 1.58. The van der Waals surface area contributed by atoms with E-state index in [9.17, 15) is 9.59 Å². The minimum Gasteiger partial charge on any atom is -0.382 e. The van der Waals surface area contributed by atoms with Gasteiger partial charge >= 0.3 is 6.03 Å². The first-order valence-corrected chi connectivity index (χ1v) is 11.0. The van der Waals surface area contributed by atoms with Crippen molar-refractivity contribution in [2.45, 2.75) is 6.92 Å². The molecule has 0 aliphatic heterocycles. The van der Waals surface area contributed by atoms with Crippen molar-refractivity contribution in [3.8, 4) is 11.1 Å². The second-order valence-electron chi connectivity index (χ2n) is 8.24. The fourth-order valence-electron chi connectivity index (χ4n) is 3.60. The second kappa shape index (κ2) is 10.2. The van der Waals surface area contributed by atoms with Crippen LogP contribution >= 0.6 is 0 Å². The number of carbonyl (C=O) groups excluding carboxylic acids is 2. The maximum absolute atomic E-state index is 13.0. The van der Waals surface area contributed by atoms with E-state index in [-0.39, 0.29) is 11.7 Å². The number of amides is 3. The summed E-state index contributed by atoms with van der Waals surface area (Å²) in [7, 11) is 3.88. The van der Waals surface area contributed by atoms with Crippen LogP contribution in [0.1, 0.15) is 16.1 Å². The summed E-state index contributed by atoms with van der Waals surface area (Å²) in [6, 6.07) is 12.1. The Hall–Kier alpha value is -4.51. The number of fused-ring (bicyclic) bond motifs is 1. The molecule has 0 atom stereocenters. The highest BCUT2D eigenvalue weighted by Gasteiger charge is 2.21. The first kappa shape index (κ1) is 23.6. The SMILES string of the molecule is Cc1cccc(NC(=O)Nc2ccc(-c3c(C(=O)NCCN(C)C)cn4ncnc(N)c34)cc2)n1. The average Bonchev–Trinajstić information content (AvgIpc) is 3.20. The summed E-state index contributed by atoms with van der Waals surface area (Å²) in [4.78, 5) is 35.7. The smallest absolute Gasteiger partial charge is 0.324 e. The third-order valence-corrected chi connectivity index (χ3v) is 5.25. The molecule has 3 aromatic heterocycles. The number of anilines is 3. The lowest BCUT2D eigenvalue weighted by Gasteiger charge is -2.11. The van der Waals surface area contributed by atoms with Crippen LogP contribution in [0.2, 0.25) is 0 Å². The number of nitrogens with two attached hydrogens (primary N) is 1. The molecule has 0 aliphatic carbocycles. The summed E-state index contributed by atoms with van der Waals surface area (Å²) in [5.41, 5.74) is 9.84. The van der Waals surface area contributed by atoms with Gasteiger partial charge in [-0.1, -0.05) is 18.2 Å². The van der Waals surface area contributed by atoms with Gasteiger partial charge in [-0.05, 0) is 50.8 Å². The minimum atomic E-state index is -0.413. The molecule has 3 heterocycles. The highest BCUT2D eigenvalue weighted by atomic mass is 16.2. The van der Waals surface area contributed by atoms with Crippen LogP contribution in [0.4, 0.5) is 22.1 Å². The minimum absolute atomic E-state index is 0.237. The Labute approximate surface area is 202 Å². The molecule has 0 unspecified atom stereocenters. The molecule has 0 spiro atoms. The standard InChI is InChI=1S/C24H27N9O2/c1-15-5-4-6-19(29-15)31-24(35)30-17-9-7-16(8-10-17)20-18(23(34)26-11-12-32(2)3)13-33-21(20)22(25)27-14-28-33/h4-10,13-14H,11-12H2,1-3H3,(H,26,34)(H2,25,27,28)(H2,29,30,31,35). The molecule has 0 saturated heterocycles. The van der Waals surface area contributed by atoms with Crippen LogP contribution in [-0.4, -0.2) is 63.6 Å². The van der Waals surface area contributed by atoms with E-state index in [1.54, 1.807) is 41.0 Å². The summed E-state index contributed by atoms with van der Waals surface area (Å²) in [6.45, 7) is 3.05. The second-order valence-corrected chi connectivity index (χ2v) is 8.24. The summed E-state index contributed by atoms with van der Waals surface area (Å²) in [5.74, 6) is 0.480. The van der Waals surface area contributed by atoms with Gasteiger partial charge in [-0.2, -0.15) is 5.10 Å². The number of carbonyl (C=O) groups is 2. The molecule has 4 rings (SSSR count). The molecule has 3 amide bonds. The van der Waals surface area contributed by atoms with E-state index in [4.69, 9.17) is 5.73 Å². The molecule has 11 heteroatoms. The summed E-state index contributed by atoms with van der Waals surface area (Å²) >= 11 is 0. The normalized spacial score (nSPS) is 11.0. The molecule has 1 aromatic carbocycles. The number of likely N-dealkylation sites (N-methyl/N-ethyl adjacent to an activating group) is 1. The highest BCUT2D eigenvalue weighted by molar-refractivity contribution is 6.07. The number of hydrogen-bond donors (Lipinski definition) is 4. The number of hydrogen-bond acceptors (Lipinski definition) is 7. The summed E-state index contributed by atoms with van der Waals surface area (Å²) < 4.78 is 1.55. The van der Waals surface area contributed by atoms with Gasteiger partial charge < -0.3 is 21.3 Å². The van der Waals surface area contributed by atoms with Crippen molar-refractivity contribution < 1.29 is 9.59 Å². The van der Waals surface area contributed by atoms with Crippen LogP contribution in [0, 0.1) is 6.92 Å². The van der Waals surface area contributed by atoms with Crippen LogP contribution < -0.4 is 21.7 Å². The van der Waals surface area contributed by atoms with E-state index >= 15 is 0 Å². The van der Waals surface area contributed by atoms with E-state index in [0.717, 1.165) is 11.3 Å². The highest BCUT2D eigenvalue weighted by Crippen LogP contribution is 2.33. The molecular formula is C24H27N9O2. The van der Waals surface area contributed by atoms with E-state index in [0.29, 0.717) is 41.2 Å². The average molecular weight is 474 g/mol. The summed E-state index contributed by atoms with van der Waals surface area (Å²) in [6.07, 6.45) is 2.98. The molecule has 180 valence electrons. The predicted molar refractivity (Wildman–Crippen MR) is 135 cm³/mol. The lowest BCUT2D eigenvalue weighted by Crippen LogP contribution is -2.31. The van der Waals surface area contributed by atoms with Crippen LogP contribution in [0.25, 0.3) is 16.6 Å². The topological polar surface area (TPSA) is 143 Å². The van der Waals surface area contributed by atoms with Gasteiger partial charge in [0.25, 0.3) is 5.91 Å². The number of nitrogens with one attached hydrogen (secondary N) is 3. The first-order chi connectivity index (χ1) is 16.8. The Morgan fingerprint density at radius 3 is 2.57 bits per heavy atom. The maximum Gasteiger partial charge on any atom is 0.324 e. The van der Waals surface area contributed by atoms with Crippen molar-refractivity contribution in [2.24, 2.45) is 0 Å². The number of nitrogen functional groups attached to an aromatic ring is 1. The number of benzene rings is 1. The Bertz CT molecular complexity index is 1360. The zero-order chi connectivity index (χ0) is 24.9. The molecule has 35 heavy (non-hydrogen) atoms. The monoisotopic (exact) mass is 473 g/mol. The molecule has 0 saturated carbocycles. The van der Waals surface area contributed by atoms with E-state index in [1.165, 1.54) is 6.33 Å². The van der Waals surface area contributed by atoms with Gasteiger partial charge in [0, 0.05) is 36.2 Å². The van der Waals surface area contributed by atoms with Gasteiger partial charge in [0.05, 0.1) is 5.56 Å². The van der Waals surface area contributed by atoms with Gasteiger partial charge in [0.2, 0.25) is 0 Å². The van der Waals surface area contributed by atoms with Crippen LogP contribution in [0.5, 0.6) is 0 Å².